The molecule has 106 valence electrons. The molecular weight excluding hydrogens is 240 g/mol. The first-order valence-electron chi connectivity index (χ1n) is 6.78. The molecule has 3 N–H and O–H groups in total. The zero-order valence-corrected chi connectivity index (χ0v) is 12.0. The molecule has 0 aliphatic heterocycles. The molecule has 0 aliphatic rings. The molecule has 2 unspecified atom stereocenters. The van der Waals surface area contributed by atoms with Crippen molar-refractivity contribution in [2.24, 2.45) is 5.73 Å². The van der Waals surface area contributed by atoms with Crippen LogP contribution in [0.15, 0.2) is 24.3 Å². The second-order valence-corrected chi connectivity index (χ2v) is 4.93. The largest absolute Gasteiger partial charge is 0.491 e. The number of rotatable bonds is 7. The smallest absolute Gasteiger partial charge is 0.237 e. The molecule has 1 amide bonds. The van der Waals surface area contributed by atoms with Crippen LogP contribution in [0.5, 0.6) is 5.75 Å². The maximum absolute atomic E-state index is 11.7. The van der Waals surface area contributed by atoms with Crippen molar-refractivity contribution in [2.75, 3.05) is 6.61 Å². The van der Waals surface area contributed by atoms with Gasteiger partial charge in [-0.2, -0.15) is 0 Å². The molecule has 4 heteroatoms. The Morgan fingerprint density at radius 3 is 2.84 bits per heavy atom. The van der Waals surface area contributed by atoms with Gasteiger partial charge in [0, 0.05) is 0 Å². The van der Waals surface area contributed by atoms with Gasteiger partial charge >= 0.3 is 0 Å². The second-order valence-electron chi connectivity index (χ2n) is 4.93. The molecule has 0 fully saturated rings. The van der Waals surface area contributed by atoms with Crippen LogP contribution in [0.25, 0.3) is 0 Å². The number of benzene rings is 1. The molecular formula is C15H24N2O2. The molecule has 1 aromatic carbocycles. The number of hydrogen-bond donors (Lipinski definition) is 2. The lowest BCUT2D eigenvalue weighted by molar-refractivity contribution is -0.123. The van der Waals surface area contributed by atoms with E-state index in [1.165, 1.54) is 0 Å². The quantitative estimate of drug-likeness (QED) is 0.791. The van der Waals surface area contributed by atoms with Gasteiger partial charge in [0.2, 0.25) is 5.91 Å². The van der Waals surface area contributed by atoms with Gasteiger partial charge in [-0.1, -0.05) is 25.5 Å². The van der Waals surface area contributed by atoms with E-state index in [0.29, 0.717) is 13.0 Å². The third-order valence-electron chi connectivity index (χ3n) is 2.81. The molecule has 0 radical (unpaired) electrons. The summed E-state index contributed by atoms with van der Waals surface area (Å²) in [4.78, 5) is 11.7. The van der Waals surface area contributed by atoms with Crippen LogP contribution in [-0.4, -0.2) is 24.6 Å². The van der Waals surface area contributed by atoms with Gasteiger partial charge in [-0.25, -0.2) is 0 Å². The molecule has 0 spiro atoms. The Balaban J connectivity index is 2.35. The van der Waals surface area contributed by atoms with Crippen molar-refractivity contribution in [1.29, 1.82) is 0 Å². The molecule has 0 aromatic heterocycles. The molecule has 1 rings (SSSR count). The average molecular weight is 264 g/mol. The zero-order valence-electron chi connectivity index (χ0n) is 12.0. The lowest BCUT2D eigenvalue weighted by Gasteiger charge is -2.18. The highest BCUT2D eigenvalue weighted by Gasteiger charge is 2.14. The highest BCUT2D eigenvalue weighted by Crippen LogP contribution is 2.12. The van der Waals surface area contributed by atoms with Crippen LogP contribution in [0.2, 0.25) is 0 Å². The molecule has 19 heavy (non-hydrogen) atoms. The van der Waals surface area contributed by atoms with Gasteiger partial charge in [-0.15, -0.1) is 0 Å². The third-order valence-corrected chi connectivity index (χ3v) is 2.81. The number of carbonyl (C=O) groups is 1. The van der Waals surface area contributed by atoms with E-state index in [1.54, 1.807) is 0 Å². The van der Waals surface area contributed by atoms with Crippen LogP contribution >= 0.6 is 0 Å². The fraction of sp³-hybridized carbons (Fsp3) is 0.533. The summed E-state index contributed by atoms with van der Waals surface area (Å²) in [7, 11) is 0. The van der Waals surface area contributed by atoms with Crippen molar-refractivity contribution < 1.29 is 9.53 Å². The Labute approximate surface area is 115 Å². The Morgan fingerprint density at radius 2 is 2.21 bits per heavy atom. The predicted octanol–water partition coefficient (Wildman–Crippen LogP) is 2.01. The normalized spacial score (nSPS) is 13.7. The minimum atomic E-state index is -0.425. The molecule has 0 bridgehead atoms. The van der Waals surface area contributed by atoms with Crippen LogP contribution in [-0.2, 0) is 4.79 Å². The second kappa shape index (κ2) is 7.79. The van der Waals surface area contributed by atoms with Gasteiger partial charge < -0.3 is 15.8 Å². The van der Waals surface area contributed by atoms with Crippen molar-refractivity contribution in [3.63, 3.8) is 0 Å². The zero-order chi connectivity index (χ0) is 14.3. The molecule has 2 atom stereocenters. The van der Waals surface area contributed by atoms with Gasteiger partial charge in [0.15, 0.2) is 0 Å². The Morgan fingerprint density at radius 1 is 1.47 bits per heavy atom. The molecule has 0 aliphatic carbocycles. The number of nitrogens with one attached hydrogen (secondary N) is 1. The van der Waals surface area contributed by atoms with E-state index in [0.717, 1.165) is 17.7 Å². The summed E-state index contributed by atoms with van der Waals surface area (Å²) in [6.07, 6.45) is 1.61. The topological polar surface area (TPSA) is 64.4 Å². The van der Waals surface area contributed by atoms with E-state index >= 15 is 0 Å². The monoisotopic (exact) mass is 264 g/mol. The van der Waals surface area contributed by atoms with Crippen molar-refractivity contribution in [3.05, 3.63) is 29.8 Å². The highest BCUT2D eigenvalue weighted by molar-refractivity contribution is 5.81. The lowest BCUT2D eigenvalue weighted by atomic mass is 10.1. The molecule has 0 saturated carbocycles. The summed E-state index contributed by atoms with van der Waals surface area (Å²) in [6.45, 7) is 6.37. The van der Waals surface area contributed by atoms with E-state index in [2.05, 4.69) is 5.32 Å². The van der Waals surface area contributed by atoms with Crippen LogP contribution in [0.4, 0.5) is 0 Å². The minimum Gasteiger partial charge on any atom is -0.491 e. The number of amides is 1. The van der Waals surface area contributed by atoms with Crippen LogP contribution in [0.3, 0.4) is 0 Å². The molecule has 4 nitrogen and oxygen atoms in total. The van der Waals surface area contributed by atoms with Crippen LogP contribution < -0.4 is 15.8 Å². The number of carbonyl (C=O) groups excluding carboxylic acids is 1. The summed E-state index contributed by atoms with van der Waals surface area (Å²) < 4.78 is 5.63. The first kappa shape index (κ1) is 15.5. The Hall–Kier alpha value is -1.55. The SMILES string of the molecule is CCCC(N)C(=O)NC(C)COc1cccc(C)c1. The summed E-state index contributed by atoms with van der Waals surface area (Å²) >= 11 is 0. The fourth-order valence-electron chi connectivity index (χ4n) is 1.76. The molecule has 0 heterocycles. The minimum absolute atomic E-state index is 0.0593. The van der Waals surface area contributed by atoms with E-state index in [4.69, 9.17) is 10.5 Å². The van der Waals surface area contributed by atoms with Gasteiger partial charge in [0.1, 0.15) is 12.4 Å². The van der Waals surface area contributed by atoms with E-state index in [1.807, 2.05) is 45.0 Å². The standard InChI is InChI=1S/C15H24N2O2/c1-4-6-14(16)15(18)17-12(3)10-19-13-8-5-7-11(2)9-13/h5,7-9,12,14H,4,6,10,16H2,1-3H3,(H,17,18). The van der Waals surface area contributed by atoms with Gasteiger partial charge in [-0.3, -0.25) is 4.79 Å². The number of hydrogen-bond acceptors (Lipinski definition) is 3. The highest BCUT2D eigenvalue weighted by atomic mass is 16.5. The number of ether oxygens (including phenoxy) is 1. The predicted molar refractivity (Wildman–Crippen MR) is 77.2 cm³/mol. The first-order valence-corrected chi connectivity index (χ1v) is 6.78. The lowest BCUT2D eigenvalue weighted by Crippen LogP contribution is -2.46. The van der Waals surface area contributed by atoms with Crippen LogP contribution in [0.1, 0.15) is 32.3 Å². The summed E-state index contributed by atoms with van der Waals surface area (Å²) in [6, 6.07) is 7.36. The van der Waals surface area contributed by atoms with Crippen molar-refractivity contribution >= 4 is 5.91 Å². The Kier molecular flexibility index (Phi) is 6.36. The van der Waals surface area contributed by atoms with E-state index < -0.39 is 6.04 Å². The maximum Gasteiger partial charge on any atom is 0.237 e. The third kappa shape index (κ3) is 5.75. The summed E-state index contributed by atoms with van der Waals surface area (Å²) in [5.41, 5.74) is 6.90. The number of nitrogens with two attached hydrogens (primary N) is 1. The molecule has 1 aromatic rings. The van der Waals surface area contributed by atoms with Crippen LogP contribution in [0, 0.1) is 6.92 Å². The summed E-state index contributed by atoms with van der Waals surface area (Å²) in [5, 5.41) is 2.86. The van der Waals surface area contributed by atoms with Crippen molar-refractivity contribution in [2.45, 2.75) is 45.7 Å². The van der Waals surface area contributed by atoms with Gasteiger partial charge in [-0.05, 0) is 38.0 Å². The fourth-order valence-corrected chi connectivity index (χ4v) is 1.76. The van der Waals surface area contributed by atoms with E-state index in [9.17, 15) is 4.79 Å². The van der Waals surface area contributed by atoms with E-state index in [-0.39, 0.29) is 11.9 Å². The van der Waals surface area contributed by atoms with Crippen molar-refractivity contribution in [1.82, 2.24) is 5.32 Å². The van der Waals surface area contributed by atoms with Gasteiger partial charge in [0.25, 0.3) is 0 Å². The van der Waals surface area contributed by atoms with Crippen molar-refractivity contribution in [3.8, 4) is 5.75 Å². The average Bonchev–Trinajstić information content (AvgIpc) is 2.36. The molecule has 0 saturated heterocycles. The number of aryl methyl sites for hydroxylation is 1. The Bertz CT molecular complexity index is 407. The first-order chi connectivity index (χ1) is 9.02. The maximum atomic E-state index is 11.7. The summed E-state index contributed by atoms with van der Waals surface area (Å²) in [5.74, 6) is 0.709. The van der Waals surface area contributed by atoms with Gasteiger partial charge in [0.05, 0.1) is 12.1 Å².